The van der Waals surface area contributed by atoms with Crippen LogP contribution in [0.25, 0.3) is 0 Å². The number of methoxy groups -OCH3 is 3. The number of carbonyl (C=O) groups is 2. The maximum Gasteiger partial charge on any atom is 0.310 e. The quantitative estimate of drug-likeness (QED) is 0.538. The molecule has 128 valence electrons. The minimum absolute atomic E-state index is 0.145. The number of ether oxygens (including phenoxy) is 4. The van der Waals surface area contributed by atoms with Gasteiger partial charge in [0, 0.05) is 5.56 Å². The Morgan fingerprint density at radius 1 is 1.04 bits per heavy atom. The SMILES string of the molecule is COc1cc(C(=O)COC(=O)Cc2ccsc2)cc(OC)c1OC. The zero-order valence-corrected chi connectivity index (χ0v) is 14.5. The number of rotatable bonds is 8. The number of ketones is 1. The highest BCUT2D eigenvalue weighted by Crippen LogP contribution is 2.38. The van der Waals surface area contributed by atoms with E-state index in [0.29, 0.717) is 22.8 Å². The van der Waals surface area contributed by atoms with E-state index < -0.39 is 5.97 Å². The highest BCUT2D eigenvalue weighted by molar-refractivity contribution is 7.07. The van der Waals surface area contributed by atoms with Crippen molar-refractivity contribution >= 4 is 23.1 Å². The van der Waals surface area contributed by atoms with Crippen LogP contribution in [0.5, 0.6) is 17.2 Å². The Morgan fingerprint density at radius 3 is 2.21 bits per heavy atom. The van der Waals surface area contributed by atoms with Crippen molar-refractivity contribution in [2.45, 2.75) is 6.42 Å². The summed E-state index contributed by atoms with van der Waals surface area (Å²) in [6, 6.07) is 4.89. The summed E-state index contributed by atoms with van der Waals surface area (Å²) in [4.78, 5) is 24.0. The molecule has 0 spiro atoms. The topological polar surface area (TPSA) is 71.1 Å². The summed E-state index contributed by atoms with van der Waals surface area (Å²) in [5.74, 6) is 0.322. The normalized spacial score (nSPS) is 10.1. The first-order valence-electron chi connectivity index (χ1n) is 7.09. The van der Waals surface area contributed by atoms with E-state index in [-0.39, 0.29) is 18.8 Å². The van der Waals surface area contributed by atoms with Crippen LogP contribution in [0, 0.1) is 0 Å². The van der Waals surface area contributed by atoms with E-state index in [2.05, 4.69) is 0 Å². The lowest BCUT2D eigenvalue weighted by Gasteiger charge is -2.13. The van der Waals surface area contributed by atoms with E-state index in [1.165, 1.54) is 44.8 Å². The molecule has 24 heavy (non-hydrogen) atoms. The van der Waals surface area contributed by atoms with Gasteiger partial charge in [0.05, 0.1) is 27.8 Å². The first-order chi connectivity index (χ1) is 11.6. The first kappa shape index (κ1) is 17.8. The van der Waals surface area contributed by atoms with Crippen LogP contribution in [0.2, 0.25) is 0 Å². The Morgan fingerprint density at radius 2 is 1.71 bits per heavy atom. The van der Waals surface area contributed by atoms with Gasteiger partial charge in [-0.25, -0.2) is 0 Å². The highest BCUT2D eigenvalue weighted by atomic mass is 32.1. The van der Waals surface area contributed by atoms with Crippen LogP contribution >= 0.6 is 11.3 Å². The molecule has 0 amide bonds. The molecule has 0 aliphatic carbocycles. The Labute approximate surface area is 143 Å². The van der Waals surface area contributed by atoms with E-state index in [1.54, 1.807) is 0 Å². The molecule has 1 aromatic heterocycles. The molecule has 0 unspecified atom stereocenters. The van der Waals surface area contributed by atoms with Crippen LogP contribution < -0.4 is 14.2 Å². The molecule has 0 atom stereocenters. The van der Waals surface area contributed by atoms with Crippen molar-refractivity contribution in [3.63, 3.8) is 0 Å². The van der Waals surface area contributed by atoms with Gasteiger partial charge in [-0.2, -0.15) is 11.3 Å². The Hall–Kier alpha value is -2.54. The number of hydrogen-bond acceptors (Lipinski definition) is 7. The lowest BCUT2D eigenvalue weighted by atomic mass is 10.1. The van der Waals surface area contributed by atoms with Crippen LogP contribution in [0.3, 0.4) is 0 Å². The van der Waals surface area contributed by atoms with E-state index in [9.17, 15) is 9.59 Å². The van der Waals surface area contributed by atoms with Crippen molar-refractivity contribution in [2.75, 3.05) is 27.9 Å². The fourth-order valence-electron chi connectivity index (χ4n) is 2.08. The van der Waals surface area contributed by atoms with Crippen LogP contribution in [-0.2, 0) is 16.0 Å². The molecular weight excluding hydrogens is 332 g/mol. The second-order valence-electron chi connectivity index (χ2n) is 4.81. The second-order valence-corrected chi connectivity index (χ2v) is 5.59. The molecule has 6 nitrogen and oxygen atoms in total. The molecule has 0 aliphatic heterocycles. The summed E-state index contributed by atoms with van der Waals surface area (Å²) in [5.41, 5.74) is 1.18. The van der Waals surface area contributed by atoms with Gasteiger partial charge >= 0.3 is 5.97 Å². The molecule has 1 aromatic carbocycles. The lowest BCUT2D eigenvalue weighted by Crippen LogP contribution is -2.15. The van der Waals surface area contributed by atoms with Gasteiger partial charge in [-0.3, -0.25) is 9.59 Å². The fraction of sp³-hybridized carbons (Fsp3) is 0.294. The van der Waals surface area contributed by atoms with E-state index in [4.69, 9.17) is 18.9 Å². The molecule has 0 saturated carbocycles. The van der Waals surface area contributed by atoms with Gasteiger partial charge in [-0.1, -0.05) is 0 Å². The number of thiophene rings is 1. The van der Waals surface area contributed by atoms with E-state index >= 15 is 0 Å². The van der Waals surface area contributed by atoms with Gasteiger partial charge < -0.3 is 18.9 Å². The molecular formula is C17H18O6S. The molecule has 0 radical (unpaired) electrons. The van der Waals surface area contributed by atoms with Crippen molar-refractivity contribution in [3.05, 3.63) is 40.1 Å². The Balaban J connectivity index is 2.05. The summed E-state index contributed by atoms with van der Waals surface area (Å²) in [5, 5.41) is 3.74. The molecule has 2 aromatic rings. The third kappa shape index (κ3) is 4.26. The molecule has 0 aliphatic rings. The largest absolute Gasteiger partial charge is 0.493 e. The Kier molecular flexibility index (Phi) is 6.20. The summed E-state index contributed by atoms with van der Waals surface area (Å²) in [7, 11) is 4.41. The zero-order chi connectivity index (χ0) is 17.5. The third-order valence-corrected chi connectivity index (χ3v) is 4.01. The zero-order valence-electron chi connectivity index (χ0n) is 13.7. The average molecular weight is 350 g/mol. The minimum atomic E-state index is -0.450. The number of hydrogen-bond donors (Lipinski definition) is 0. The summed E-state index contributed by atoms with van der Waals surface area (Å²) >= 11 is 1.50. The maximum absolute atomic E-state index is 12.3. The fourth-order valence-corrected chi connectivity index (χ4v) is 2.75. The van der Waals surface area contributed by atoms with Crippen molar-refractivity contribution in [1.82, 2.24) is 0 Å². The van der Waals surface area contributed by atoms with Gasteiger partial charge in [0.2, 0.25) is 11.5 Å². The van der Waals surface area contributed by atoms with Crippen molar-refractivity contribution in [3.8, 4) is 17.2 Å². The lowest BCUT2D eigenvalue weighted by molar-refractivity contribution is -0.141. The molecule has 2 rings (SSSR count). The maximum atomic E-state index is 12.3. The molecule has 0 bridgehead atoms. The van der Waals surface area contributed by atoms with Gasteiger partial charge in [-0.05, 0) is 34.5 Å². The number of esters is 1. The summed E-state index contributed by atoms with van der Waals surface area (Å²) in [6.07, 6.45) is 0.145. The third-order valence-electron chi connectivity index (χ3n) is 3.28. The average Bonchev–Trinajstić information content (AvgIpc) is 3.11. The van der Waals surface area contributed by atoms with Crippen molar-refractivity contribution < 1.29 is 28.5 Å². The van der Waals surface area contributed by atoms with Crippen LogP contribution in [0.4, 0.5) is 0 Å². The van der Waals surface area contributed by atoms with E-state index in [1.807, 2.05) is 16.8 Å². The number of benzene rings is 1. The predicted octanol–water partition coefficient (Wildman–Crippen LogP) is 2.74. The van der Waals surface area contributed by atoms with Crippen molar-refractivity contribution in [2.24, 2.45) is 0 Å². The molecule has 7 heteroatoms. The molecule has 0 saturated heterocycles. The standard InChI is InChI=1S/C17H18O6S/c1-20-14-7-12(8-15(21-2)17(14)22-3)13(18)9-23-16(19)6-11-4-5-24-10-11/h4-5,7-8,10H,6,9H2,1-3H3. The van der Waals surface area contributed by atoms with Crippen molar-refractivity contribution in [1.29, 1.82) is 0 Å². The Bertz CT molecular complexity index is 683. The van der Waals surface area contributed by atoms with E-state index in [0.717, 1.165) is 5.56 Å². The monoisotopic (exact) mass is 350 g/mol. The summed E-state index contributed by atoms with van der Waals surface area (Å²) in [6.45, 7) is -0.346. The first-order valence-corrected chi connectivity index (χ1v) is 8.03. The summed E-state index contributed by atoms with van der Waals surface area (Å²) < 4.78 is 20.6. The highest BCUT2D eigenvalue weighted by Gasteiger charge is 2.18. The predicted molar refractivity (Wildman–Crippen MR) is 89.4 cm³/mol. The van der Waals surface area contributed by atoms with Gasteiger partial charge in [0.25, 0.3) is 0 Å². The number of carbonyl (C=O) groups excluding carboxylic acids is 2. The molecule has 0 N–H and O–H groups in total. The van der Waals surface area contributed by atoms with Gasteiger partial charge in [0.15, 0.2) is 18.1 Å². The smallest absolute Gasteiger partial charge is 0.310 e. The number of Topliss-reactive ketones (excluding diaryl/α,β-unsaturated/α-hetero) is 1. The molecule has 1 heterocycles. The van der Waals surface area contributed by atoms with Crippen LogP contribution in [0.15, 0.2) is 29.0 Å². The minimum Gasteiger partial charge on any atom is -0.493 e. The second kappa shape index (κ2) is 8.35. The van der Waals surface area contributed by atoms with Gasteiger partial charge in [0.1, 0.15) is 0 Å². The van der Waals surface area contributed by atoms with Gasteiger partial charge in [-0.15, -0.1) is 0 Å². The van der Waals surface area contributed by atoms with Crippen LogP contribution in [-0.4, -0.2) is 39.7 Å². The molecule has 0 fully saturated rings. The van der Waals surface area contributed by atoms with Crippen LogP contribution in [0.1, 0.15) is 15.9 Å².